The third kappa shape index (κ3) is 3.19. The molecule has 1 fully saturated rings. The van der Waals surface area contributed by atoms with Crippen LogP contribution in [0.1, 0.15) is 45.1 Å². The van der Waals surface area contributed by atoms with Crippen LogP contribution in [0.15, 0.2) is 18.3 Å². The Bertz CT molecular complexity index is 441. The normalized spacial score (nSPS) is 23.1. The number of halogens is 3. The Morgan fingerprint density at radius 2 is 2.05 bits per heavy atom. The molecule has 106 valence electrons. The number of rotatable bonds is 2. The second kappa shape index (κ2) is 5.02. The summed E-state index contributed by atoms with van der Waals surface area (Å²) < 4.78 is 38.7. The van der Waals surface area contributed by atoms with Crippen molar-refractivity contribution in [1.29, 1.82) is 0 Å². The second-order valence-corrected chi connectivity index (χ2v) is 5.83. The third-order valence-electron chi connectivity index (χ3n) is 3.93. The maximum absolute atomic E-state index is 12.9. The topological polar surface area (TPSA) is 24.9 Å². The lowest BCUT2D eigenvalue weighted by atomic mass is 9.73. The molecular formula is C14H19F3N2. The van der Waals surface area contributed by atoms with Crippen molar-refractivity contribution >= 4 is 5.82 Å². The molecule has 0 spiro atoms. The van der Waals surface area contributed by atoms with Gasteiger partial charge in [0.05, 0.1) is 5.56 Å². The lowest BCUT2D eigenvalue weighted by molar-refractivity contribution is -0.137. The predicted molar refractivity (Wildman–Crippen MR) is 68.9 cm³/mol. The van der Waals surface area contributed by atoms with E-state index in [1.54, 1.807) is 0 Å². The summed E-state index contributed by atoms with van der Waals surface area (Å²) in [5.41, 5.74) is -0.685. The van der Waals surface area contributed by atoms with Crippen LogP contribution >= 0.6 is 0 Å². The van der Waals surface area contributed by atoms with Crippen molar-refractivity contribution in [2.45, 2.75) is 51.7 Å². The number of nitrogens with zero attached hydrogens (tertiary/aromatic N) is 1. The summed E-state index contributed by atoms with van der Waals surface area (Å²) in [4.78, 5) is 3.87. The van der Waals surface area contributed by atoms with Crippen LogP contribution in [0.3, 0.4) is 0 Å². The summed E-state index contributed by atoms with van der Waals surface area (Å²) in [7, 11) is 0. The Morgan fingerprint density at radius 1 is 1.32 bits per heavy atom. The molecular weight excluding hydrogens is 253 g/mol. The molecule has 1 N–H and O–H groups in total. The van der Waals surface area contributed by atoms with Crippen LogP contribution in [0.4, 0.5) is 19.0 Å². The first-order valence-corrected chi connectivity index (χ1v) is 6.59. The van der Waals surface area contributed by atoms with Gasteiger partial charge >= 0.3 is 6.18 Å². The van der Waals surface area contributed by atoms with E-state index in [0.29, 0.717) is 0 Å². The van der Waals surface area contributed by atoms with E-state index in [1.807, 2.05) is 0 Å². The number of hydrogen-bond acceptors (Lipinski definition) is 2. The van der Waals surface area contributed by atoms with Crippen LogP contribution < -0.4 is 5.32 Å². The molecule has 0 aromatic carbocycles. The van der Waals surface area contributed by atoms with Gasteiger partial charge in [0.25, 0.3) is 0 Å². The summed E-state index contributed by atoms with van der Waals surface area (Å²) in [5, 5.41) is 3.02. The Kier molecular flexibility index (Phi) is 3.74. The maximum atomic E-state index is 12.9. The highest BCUT2D eigenvalue weighted by Crippen LogP contribution is 2.39. The van der Waals surface area contributed by atoms with E-state index in [9.17, 15) is 13.2 Å². The molecule has 2 rings (SSSR count). The smallest absolute Gasteiger partial charge is 0.366 e. The van der Waals surface area contributed by atoms with Gasteiger partial charge in [-0.1, -0.05) is 26.7 Å². The van der Waals surface area contributed by atoms with E-state index in [-0.39, 0.29) is 17.3 Å². The van der Waals surface area contributed by atoms with Crippen LogP contribution in [0.25, 0.3) is 0 Å². The van der Waals surface area contributed by atoms with E-state index >= 15 is 0 Å². The highest BCUT2D eigenvalue weighted by atomic mass is 19.4. The quantitative estimate of drug-likeness (QED) is 0.858. The molecule has 1 heterocycles. The Labute approximate surface area is 111 Å². The Hall–Kier alpha value is -1.26. The molecule has 1 aromatic rings. The molecule has 0 aliphatic heterocycles. The number of alkyl halides is 3. The molecule has 19 heavy (non-hydrogen) atoms. The largest absolute Gasteiger partial charge is 0.419 e. The van der Waals surface area contributed by atoms with E-state index in [0.717, 1.165) is 31.7 Å². The zero-order valence-corrected chi connectivity index (χ0v) is 11.2. The fraction of sp³-hybridized carbons (Fsp3) is 0.643. The molecule has 1 aliphatic rings. The zero-order chi connectivity index (χ0) is 14.1. The van der Waals surface area contributed by atoms with Gasteiger partial charge in [-0.2, -0.15) is 13.2 Å². The SMILES string of the molecule is CC1(C)CCCCC1Nc1ncccc1C(F)(F)F. The second-order valence-electron chi connectivity index (χ2n) is 5.83. The van der Waals surface area contributed by atoms with Crippen LogP contribution in [0, 0.1) is 5.41 Å². The first-order chi connectivity index (χ1) is 8.81. The van der Waals surface area contributed by atoms with Gasteiger partial charge in [-0.15, -0.1) is 0 Å². The lowest BCUT2D eigenvalue weighted by Crippen LogP contribution is -2.39. The number of aromatic nitrogens is 1. The summed E-state index contributed by atoms with van der Waals surface area (Å²) >= 11 is 0. The van der Waals surface area contributed by atoms with Crippen molar-refractivity contribution in [3.8, 4) is 0 Å². The fourth-order valence-corrected chi connectivity index (χ4v) is 2.68. The average molecular weight is 272 g/mol. The van der Waals surface area contributed by atoms with Crippen LogP contribution in [0.5, 0.6) is 0 Å². The van der Waals surface area contributed by atoms with E-state index < -0.39 is 11.7 Å². The summed E-state index contributed by atoms with van der Waals surface area (Å²) in [6.07, 6.45) is 1.14. The number of pyridine rings is 1. The Balaban J connectivity index is 2.24. The summed E-state index contributed by atoms with van der Waals surface area (Å²) in [6, 6.07) is 2.43. The highest BCUT2D eigenvalue weighted by Gasteiger charge is 2.37. The minimum atomic E-state index is -4.37. The van der Waals surface area contributed by atoms with E-state index in [1.165, 1.54) is 12.3 Å². The summed E-state index contributed by atoms with van der Waals surface area (Å²) in [5.74, 6) is -0.0463. The van der Waals surface area contributed by atoms with Crippen molar-refractivity contribution < 1.29 is 13.2 Å². The van der Waals surface area contributed by atoms with Crippen molar-refractivity contribution in [2.24, 2.45) is 5.41 Å². The molecule has 0 radical (unpaired) electrons. The Morgan fingerprint density at radius 3 is 2.68 bits per heavy atom. The number of anilines is 1. The number of hydrogen-bond donors (Lipinski definition) is 1. The van der Waals surface area contributed by atoms with Crippen molar-refractivity contribution in [1.82, 2.24) is 4.98 Å². The van der Waals surface area contributed by atoms with E-state index in [2.05, 4.69) is 24.1 Å². The first kappa shape index (κ1) is 14.2. The van der Waals surface area contributed by atoms with Crippen LogP contribution in [-0.4, -0.2) is 11.0 Å². The molecule has 0 amide bonds. The van der Waals surface area contributed by atoms with Gasteiger partial charge in [-0.25, -0.2) is 4.98 Å². The highest BCUT2D eigenvalue weighted by molar-refractivity contribution is 5.46. The minimum Gasteiger partial charge on any atom is -0.366 e. The average Bonchev–Trinajstić information content (AvgIpc) is 2.31. The predicted octanol–water partition coefficient (Wildman–Crippen LogP) is 4.48. The van der Waals surface area contributed by atoms with Crippen LogP contribution in [0.2, 0.25) is 0 Å². The summed E-state index contributed by atoms with van der Waals surface area (Å²) in [6.45, 7) is 4.19. The first-order valence-electron chi connectivity index (χ1n) is 6.59. The third-order valence-corrected chi connectivity index (χ3v) is 3.93. The standard InChI is InChI=1S/C14H19F3N2/c1-13(2)8-4-3-7-11(13)19-12-10(14(15,16)17)6-5-9-18-12/h5-6,9,11H,3-4,7-8H2,1-2H3,(H,18,19). The van der Waals surface area contributed by atoms with Gasteiger partial charge in [-0.05, 0) is 30.4 Å². The molecule has 1 saturated carbocycles. The van der Waals surface area contributed by atoms with Crippen molar-refractivity contribution in [2.75, 3.05) is 5.32 Å². The molecule has 0 saturated heterocycles. The van der Waals surface area contributed by atoms with E-state index in [4.69, 9.17) is 0 Å². The minimum absolute atomic E-state index is 0.00135. The molecule has 0 bridgehead atoms. The van der Waals surface area contributed by atoms with Gasteiger partial charge in [0, 0.05) is 12.2 Å². The fourth-order valence-electron chi connectivity index (χ4n) is 2.68. The molecule has 1 aromatic heterocycles. The van der Waals surface area contributed by atoms with Crippen molar-refractivity contribution in [3.05, 3.63) is 23.9 Å². The lowest BCUT2D eigenvalue weighted by Gasteiger charge is -2.39. The molecule has 1 atom stereocenters. The van der Waals surface area contributed by atoms with Crippen molar-refractivity contribution in [3.63, 3.8) is 0 Å². The van der Waals surface area contributed by atoms with Gasteiger partial charge < -0.3 is 5.32 Å². The van der Waals surface area contributed by atoms with Gasteiger partial charge in [0.2, 0.25) is 0 Å². The monoisotopic (exact) mass is 272 g/mol. The van der Waals surface area contributed by atoms with Crippen LogP contribution in [-0.2, 0) is 6.18 Å². The maximum Gasteiger partial charge on any atom is 0.419 e. The van der Waals surface area contributed by atoms with Gasteiger partial charge in [0.1, 0.15) is 5.82 Å². The molecule has 2 nitrogen and oxygen atoms in total. The molecule has 1 aliphatic carbocycles. The zero-order valence-electron chi connectivity index (χ0n) is 11.2. The molecule has 5 heteroatoms. The molecule has 1 unspecified atom stereocenters. The number of nitrogens with one attached hydrogen (secondary N) is 1. The van der Waals surface area contributed by atoms with Gasteiger partial charge in [0.15, 0.2) is 0 Å². The van der Waals surface area contributed by atoms with Gasteiger partial charge in [-0.3, -0.25) is 0 Å².